The zero-order valence-corrected chi connectivity index (χ0v) is 26.1. The Balaban J connectivity index is 1.35. The third kappa shape index (κ3) is 7.43. The minimum atomic E-state index is -0.395. The van der Waals surface area contributed by atoms with E-state index >= 15 is 0 Å². The summed E-state index contributed by atoms with van der Waals surface area (Å²) in [6.45, 7) is 6.98. The number of nitrogens with one attached hydrogen (secondary N) is 2. The molecule has 2 fully saturated rings. The molecule has 1 aromatic carbocycles. The summed E-state index contributed by atoms with van der Waals surface area (Å²) in [7, 11) is 3.23. The van der Waals surface area contributed by atoms with Gasteiger partial charge in [0.1, 0.15) is 5.65 Å². The first kappa shape index (κ1) is 30.5. The molecule has 2 N–H and O–H groups in total. The number of rotatable bonds is 7. The highest BCUT2D eigenvalue weighted by Crippen LogP contribution is 2.27. The van der Waals surface area contributed by atoms with Crippen molar-refractivity contribution in [2.24, 2.45) is 0 Å². The standard InChI is InChI=1S/C32H35N9O3S/c1-38(2)29(42)10-5-23-20-24-21-35-32(36-25-6-8-26(9-7-25)39-14-12-33-13-15-39)37-30(24)41(31(23)43)22-27-28(4-3-11-34-27)45-40-16-18-44-19-17-40/h3-4,6-9,11,20-21,33H,12-19,22H2,1-2H3,(H,35,36,37). The van der Waals surface area contributed by atoms with Gasteiger partial charge in [-0.15, -0.1) is 0 Å². The normalized spacial score (nSPS) is 15.4. The molecule has 0 atom stereocenters. The summed E-state index contributed by atoms with van der Waals surface area (Å²) >= 11 is 1.60. The molecule has 1 amide bonds. The summed E-state index contributed by atoms with van der Waals surface area (Å²) in [6, 6.07) is 13.7. The van der Waals surface area contributed by atoms with Gasteiger partial charge in [0.25, 0.3) is 11.5 Å². The van der Waals surface area contributed by atoms with Gasteiger partial charge in [0.2, 0.25) is 5.95 Å². The molecule has 5 heterocycles. The molecule has 4 aromatic rings. The van der Waals surface area contributed by atoms with Crippen LogP contribution in [-0.4, -0.2) is 101 Å². The zero-order chi connectivity index (χ0) is 31.2. The SMILES string of the molecule is CN(C)C(=O)C#Cc1cc2cnc(Nc3ccc(N4CCNCC4)cc3)nc2n(Cc2ncccc2SN2CCOCC2)c1=O. The van der Waals surface area contributed by atoms with E-state index in [9.17, 15) is 9.59 Å². The lowest BCUT2D eigenvalue weighted by Crippen LogP contribution is -2.43. The van der Waals surface area contributed by atoms with E-state index in [4.69, 9.17) is 9.72 Å². The van der Waals surface area contributed by atoms with Crippen LogP contribution < -0.4 is 21.1 Å². The monoisotopic (exact) mass is 625 g/mol. The molecule has 3 aromatic heterocycles. The molecule has 0 unspecified atom stereocenters. The number of morpholine rings is 1. The van der Waals surface area contributed by atoms with Gasteiger partial charge in [0.15, 0.2) is 0 Å². The Morgan fingerprint density at radius 3 is 2.62 bits per heavy atom. The smallest absolute Gasteiger partial charge is 0.298 e. The third-order valence-corrected chi connectivity index (χ3v) is 8.69. The van der Waals surface area contributed by atoms with Crippen molar-refractivity contribution in [1.82, 2.24) is 34.0 Å². The van der Waals surface area contributed by atoms with Crippen molar-refractivity contribution in [2.45, 2.75) is 11.4 Å². The van der Waals surface area contributed by atoms with E-state index in [0.717, 1.165) is 61.2 Å². The lowest BCUT2D eigenvalue weighted by Gasteiger charge is -2.29. The van der Waals surface area contributed by atoms with Gasteiger partial charge < -0.3 is 25.2 Å². The Hall–Kier alpha value is -4.48. The minimum Gasteiger partial charge on any atom is -0.379 e. The first-order valence-corrected chi connectivity index (χ1v) is 15.6. The minimum absolute atomic E-state index is 0.163. The first-order valence-electron chi connectivity index (χ1n) is 14.9. The summed E-state index contributed by atoms with van der Waals surface area (Å²) in [5.74, 6) is 5.30. The third-order valence-electron chi connectivity index (χ3n) is 7.50. The van der Waals surface area contributed by atoms with Crippen LogP contribution in [0.1, 0.15) is 11.3 Å². The van der Waals surface area contributed by atoms with Gasteiger partial charge >= 0.3 is 0 Å². The van der Waals surface area contributed by atoms with Crippen molar-refractivity contribution < 1.29 is 9.53 Å². The second-order valence-corrected chi connectivity index (χ2v) is 12.0. The molecular formula is C32H35N9O3S. The van der Waals surface area contributed by atoms with Crippen LogP contribution in [0.3, 0.4) is 0 Å². The topological polar surface area (TPSA) is 121 Å². The number of nitrogens with zero attached hydrogens (tertiary/aromatic N) is 7. The highest BCUT2D eigenvalue weighted by atomic mass is 32.2. The van der Waals surface area contributed by atoms with Crippen molar-refractivity contribution in [2.75, 3.05) is 76.8 Å². The first-order chi connectivity index (χ1) is 21.9. The number of pyridine rings is 2. The molecular weight excluding hydrogens is 590 g/mol. The summed E-state index contributed by atoms with van der Waals surface area (Å²) in [5, 5.41) is 7.28. The van der Waals surface area contributed by atoms with Gasteiger partial charge in [0, 0.05) is 93.3 Å². The van der Waals surface area contributed by atoms with Crippen LogP contribution in [0.4, 0.5) is 17.3 Å². The number of ether oxygens (including phenoxy) is 1. The maximum atomic E-state index is 13.9. The van der Waals surface area contributed by atoms with E-state index in [1.54, 1.807) is 49.1 Å². The largest absolute Gasteiger partial charge is 0.379 e. The van der Waals surface area contributed by atoms with Crippen LogP contribution in [0.25, 0.3) is 11.0 Å². The van der Waals surface area contributed by atoms with Crippen molar-refractivity contribution in [3.63, 3.8) is 0 Å². The second-order valence-electron chi connectivity index (χ2n) is 10.9. The van der Waals surface area contributed by atoms with Gasteiger partial charge in [-0.25, -0.2) is 9.29 Å². The Kier molecular flexibility index (Phi) is 9.56. The molecule has 0 saturated carbocycles. The fourth-order valence-electron chi connectivity index (χ4n) is 5.05. The van der Waals surface area contributed by atoms with Crippen LogP contribution in [0, 0.1) is 11.8 Å². The van der Waals surface area contributed by atoms with Crippen LogP contribution in [0.5, 0.6) is 0 Å². The molecule has 45 heavy (non-hydrogen) atoms. The van der Waals surface area contributed by atoms with Crippen molar-refractivity contribution >= 4 is 46.2 Å². The Morgan fingerprint density at radius 1 is 1.09 bits per heavy atom. The summed E-state index contributed by atoms with van der Waals surface area (Å²) in [6.07, 6.45) is 3.38. The molecule has 13 heteroatoms. The fourth-order valence-corrected chi connectivity index (χ4v) is 6.02. The fraction of sp³-hybridized carbons (Fsp3) is 0.344. The van der Waals surface area contributed by atoms with E-state index in [-0.39, 0.29) is 17.7 Å². The molecule has 2 saturated heterocycles. The number of hydrogen-bond donors (Lipinski definition) is 2. The van der Waals surface area contributed by atoms with Gasteiger partial charge in [-0.05, 0) is 54.4 Å². The van der Waals surface area contributed by atoms with E-state index in [0.29, 0.717) is 30.2 Å². The number of piperazine rings is 1. The number of carbonyl (C=O) groups excluding carboxylic acids is 1. The van der Waals surface area contributed by atoms with E-state index in [1.807, 2.05) is 24.3 Å². The average Bonchev–Trinajstić information content (AvgIpc) is 3.07. The number of anilines is 3. The molecule has 0 aliphatic carbocycles. The number of amides is 1. The summed E-state index contributed by atoms with van der Waals surface area (Å²) < 4.78 is 9.30. The van der Waals surface area contributed by atoms with Crippen molar-refractivity contribution in [1.29, 1.82) is 0 Å². The number of benzene rings is 1. The highest BCUT2D eigenvalue weighted by Gasteiger charge is 2.18. The summed E-state index contributed by atoms with van der Waals surface area (Å²) in [5.41, 5.74) is 2.98. The van der Waals surface area contributed by atoms with E-state index < -0.39 is 5.91 Å². The number of hydrogen-bond acceptors (Lipinski definition) is 11. The lowest BCUT2D eigenvalue weighted by atomic mass is 10.2. The van der Waals surface area contributed by atoms with Crippen LogP contribution in [0.2, 0.25) is 0 Å². The molecule has 2 aliphatic heterocycles. The number of aromatic nitrogens is 4. The van der Waals surface area contributed by atoms with E-state index in [1.165, 1.54) is 4.90 Å². The zero-order valence-electron chi connectivity index (χ0n) is 25.3. The second kappa shape index (κ2) is 14.1. The van der Waals surface area contributed by atoms with Crippen molar-refractivity contribution in [3.05, 3.63) is 76.5 Å². The van der Waals surface area contributed by atoms with Gasteiger partial charge in [-0.2, -0.15) is 4.98 Å². The quantitative estimate of drug-likeness (QED) is 0.232. The van der Waals surface area contributed by atoms with Crippen LogP contribution in [0.15, 0.2) is 64.5 Å². The highest BCUT2D eigenvalue weighted by molar-refractivity contribution is 7.97. The van der Waals surface area contributed by atoms with E-state index in [2.05, 4.69) is 53.8 Å². The Bertz CT molecular complexity index is 1790. The molecule has 0 bridgehead atoms. The number of carbonyl (C=O) groups is 1. The van der Waals surface area contributed by atoms with Crippen molar-refractivity contribution in [3.8, 4) is 11.8 Å². The van der Waals surface area contributed by atoms with Gasteiger partial charge in [0.05, 0.1) is 31.0 Å². The Morgan fingerprint density at radius 2 is 1.87 bits per heavy atom. The Labute approximate surface area is 265 Å². The van der Waals surface area contributed by atoms with Gasteiger partial charge in [-0.1, -0.05) is 5.92 Å². The molecule has 6 rings (SSSR count). The molecule has 12 nitrogen and oxygen atoms in total. The summed E-state index contributed by atoms with van der Waals surface area (Å²) in [4.78, 5) is 44.7. The van der Waals surface area contributed by atoms with Crippen LogP contribution in [-0.2, 0) is 16.1 Å². The molecule has 0 spiro atoms. The predicted octanol–water partition coefficient (Wildman–Crippen LogP) is 2.17. The van der Waals surface area contributed by atoms with Crippen LogP contribution >= 0.6 is 11.9 Å². The molecule has 2 aliphatic rings. The average molecular weight is 626 g/mol. The molecule has 0 radical (unpaired) electrons. The maximum Gasteiger partial charge on any atom is 0.298 e. The lowest BCUT2D eigenvalue weighted by molar-refractivity contribution is -0.122. The predicted molar refractivity (Wildman–Crippen MR) is 176 cm³/mol. The van der Waals surface area contributed by atoms with Gasteiger partial charge in [-0.3, -0.25) is 19.1 Å². The number of fused-ring (bicyclic) bond motifs is 1. The maximum absolute atomic E-state index is 13.9. The molecule has 232 valence electrons.